The molecule has 1 amide bonds. The van der Waals surface area contributed by atoms with Crippen LogP contribution >= 0.6 is 22.6 Å². The highest BCUT2D eigenvalue weighted by Gasteiger charge is 2.12. The monoisotopic (exact) mass is 423 g/mol. The minimum Gasteiger partial charge on any atom is -0.391 e. The topological polar surface area (TPSA) is 75.4 Å². The molecule has 23 heavy (non-hydrogen) atoms. The lowest BCUT2D eigenvalue weighted by atomic mass is 10.1. The average molecular weight is 423 g/mol. The van der Waals surface area contributed by atoms with Crippen LogP contribution in [0.3, 0.4) is 0 Å². The van der Waals surface area contributed by atoms with Gasteiger partial charge in [0.1, 0.15) is 0 Å². The Hall–Kier alpha value is -1.44. The van der Waals surface area contributed by atoms with Crippen LogP contribution in [0.5, 0.6) is 0 Å². The summed E-state index contributed by atoms with van der Waals surface area (Å²) in [7, 11) is 0. The van der Waals surface area contributed by atoms with E-state index in [1.807, 2.05) is 55.0 Å². The summed E-state index contributed by atoms with van der Waals surface area (Å²) in [5, 5.41) is 13.2. The number of nitrogens with one attached hydrogen (secondary N) is 1. The molecule has 4 N–H and O–H groups in total. The molecule has 121 valence electrons. The second kappa shape index (κ2) is 9.00. The fourth-order valence-corrected chi connectivity index (χ4v) is 3.14. The first-order chi connectivity index (χ1) is 11.1. The summed E-state index contributed by atoms with van der Waals surface area (Å²) in [5.41, 5.74) is 7.99. The van der Waals surface area contributed by atoms with Gasteiger partial charge in [0.15, 0.2) is 0 Å². The Labute approximate surface area is 150 Å². The molecule has 4 nitrogen and oxygen atoms in total. The number of primary amides is 1. The first kappa shape index (κ1) is 17.9. The highest BCUT2D eigenvalue weighted by Crippen LogP contribution is 2.16. The van der Waals surface area contributed by atoms with Crippen LogP contribution < -0.4 is 11.1 Å². The van der Waals surface area contributed by atoms with Gasteiger partial charge in [-0.25, -0.2) is 0 Å². The first-order valence-corrected chi connectivity index (χ1v) is 8.49. The Balaban J connectivity index is 1.81. The maximum absolute atomic E-state index is 11.5. The van der Waals surface area contributed by atoms with Gasteiger partial charge in [0.25, 0.3) is 0 Å². The quantitative estimate of drug-likeness (QED) is 0.571. The Kier molecular flexibility index (Phi) is 7.01. The Morgan fingerprint density at radius 3 is 2.65 bits per heavy atom. The molecule has 0 unspecified atom stereocenters. The third kappa shape index (κ3) is 5.60. The summed E-state index contributed by atoms with van der Waals surface area (Å²) in [6, 6.07) is 15.6. The summed E-state index contributed by atoms with van der Waals surface area (Å²) in [4.78, 5) is 11.5. The van der Waals surface area contributed by atoms with Gasteiger partial charge in [0.05, 0.1) is 11.7 Å². The number of hydrogen-bond donors (Lipinski definition) is 3. The van der Waals surface area contributed by atoms with Gasteiger partial charge in [-0.2, -0.15) is 0 Å². The molecule has 2 rings (SSSR count). The van der Waals surface area contributed by atoms with E-state index in [-0.39, 0.29) is 0 Å². The van der Waals surface area contributed by atoms with Crippen molar-refractivity contribution in [2.75, 3.05) is 6.54 Å². The van der Waals surface area contributed by atoms with Gasteiger partial charge < -0.3 is 16.2 Å². The predicted octanol–water partition coefficient (Wildman–Crippen LogP) is 2.29. The molecule has 0 aliphatic carbocycles. The molecule has 0 fully saturated rings. The molecule has 5 heteroatoms. The lowest BCUT2D eigenvalue weighted by molar-refractivity contribution is 0.0998. The third-order valence-electron chi connectivity index (χ3n) is 3.48. The maximum atomic E-state index is 11.5. The van der Waals surface area contributed by atoms with Crippen molar-refractivity contribution in [3.63, 3.8) is 0 Å². The van der Waals surface area contributed by atoms with Crippen LogP contribution in [0.2, 0.25) is 0 Å². The number of amides is 1. The zero-order chi connectivity index (χ0) is 16.7. The molecule has 1 radical (unpaired) electrons. The van der Waals surface area contributed by atoms with Gasteiger partial charge in [-0.05, 0) is 52.6 Å². The van der Waals surface area contributed by atoms with E-state index in [9.17, 15) is 9.90 Å². The minimum absolute atomic E-state index is 0.427. The van der Waals surface area contributed by atoms with Gasteiger partial charge in [-0.3, -0.25) is 4.79 Å². The molecule has 0 aliphatic rings. The van der Waals surface area contributed by atoms with Gasteiger partial charge in [0, 0.05) is 16.7 Å². The molecule has 2 aromatic rings. The molecule has 0 spiro atoms. The fraction of sp³-hybridized carbons (Fsp3) is 0.222. The van der Waals surface area contributed by atoms with Gasteiger partial charge >= 0.3 is 0 Å². The molecular formula is C18H20IN2O2. The number of carbonyl (C=O) groups excluding carboxylic acids is 1. The van der Waals surface area contributed by atoms with Crippen LogP contribution in [-0.2, 0) is 13.0 Å². The van der Waals surface area contributed by atoms with Crippen LogP contribution in [0, 0.1) is 9.99 Å². The number of halogens is 1. The van der Waals surface area contributed by atoms with Crippen molar-refractivity contribution in [2.45, 2.75) is 19.1 Å². The van der Waals surface area contributed by atoms with Crippen molar-refractivity contribution in [3.05, 3.63) is 75.2 Å². The first-order valence-electron chi connectivity index (χ1n) is 7.41. The molecule has 0 heterocycles. The number of hydrogen-bond acceptors (Lipinski definition) is 3. The van der Waals surface area contributed by atoms with E-state index in [0.29, 0.717) is 18.7 Å². The van der Waals surface area contributed by atoms with Crippen LogP contribution in [0.4, 0.5) is 0 Å². The van der Waals surface area contributed by atoms with Gasteiger partial charge in [-0.15, -0.1) is 0 Å². The zero-order valence-corrected chi connectivity index (χ0v) is 14.9. The molecule has 1 atom stereocenters. The summed E-state index contributed by atoms with van der Waals surface area (Å²) in [6.07, 6.45) is 2.04. The molecule has 0 bridgehead atoms. The van der Waals surface area contributed by atoms with E-state index in [1.54, 1.807) is 0 Å². The number of aliphatic hydroxyl groups excluding tert-OH is 1. The van der Waals surface area contributed by atoms with Crippen LogP contribution in [0.15, 0.2) is 48.5 Å². The maximum Gasteiger partial charge on any atom is 0.250 e. The largest absolute Gasteiger partial charge is 0.391 e. The molecule has 2 aromatic carbocycles. The zero-order valence-electron chi connectivity index (χ0n) is 12.7. The predicted molar refractivity (Wildman–Crippen MR) is 99.8 cm³/mol. The smallest absolute Gasteiger partial charge is 0.250 e. The van der Waals surface area contributed by atoms with Crippen molar-refractivity contribution >= 4 is 28.5 Å². The summed E-state index contributed by atoms with van der Waals surface area (Å²) in [6.45, 7) is 0.919. The van der Waals surface area contributed by atoms with Crippen molar-refractivity contribution in [1.29, 1.82) is 0 Å². The fourth-order valence-electron chi connectivity index (χ4n) is 2.32. The normalized spacial score (nSPS) is 12.1. The number of benzene rings is 2. The van der Waals surface area contributed by atoms with Crippen molar-refractivity contribution in [2.24, 2.45) is 5.73 Å². The Morgan fingerprint density at radius 1 is 1.22 bits per heavy atom. The van der Waals surface area contributed by atoms with Crippen molar-refractivity contribution in [3.8, 4) is 0 Å². The number of nitrogens with two attached hydrogens (primary N) is 1. The van der Waals surface area contributed by atoms with Crippen LogP contribution in [0.25, 0.3) is 0 Å². The van der Waals surface area contributed by atoms with Crippen molar-refractivity contribution < 1.29 is 9.90 Å². The highest BCUT2D eigenvalue weighted by atomic mass is 127. The third-order valence-corrected chi connectivity index (χ3v) is 4.38. The molecule has 0 saturated heterocycles. The molecular weight excluding hydrogens is 403 g/mol. The molecule has 0 aliphatic heterocycles. The number of aliphatic hydroxyl groups is 1. The van der Waals surface area contributed by atoms with Crippen molar-refractivity contribution in [1.82, 2.24) is 5.32 Å². The standard InChI is InChI=1S/C18H20IN2O2/c19-16-8-4-7-14(17(16)18(20)23)11-21-12-15(22)10-9-13-5-2-1-3-6-13/h1-8,10,15,21-22H,9,11-12H2,(H2,20,23)/t15-/m1/s1. The van der Waals surface area contributed by atoms with Crippen LogP contribution in [-0.4, -0.2) is 23.7 Å². The van der Waals surface area contributed by atoms with E-state index in [0.717, 1.165) is 15.6 Å². The van der Waals surface area contributed by atoms with E-state index < -0.39 is 12.0 Å². The highest BCUT2D eigenvalue weighted by molar-refractivity contribution is 14.1. The molecule has 0 aromatic heterocycles. The number of carbonyl (C=O) groups is 1. The van der Waals surface area contributed by atoms with E-state index in [4.69, 9.17) is 5.73 Å². The van der Waals surface area contributed by atoms with E-state index >= 15 is 0 Å². The lowest BCUT2D eigenvalue weighted by Crippen LogP contribution is -2.28. The summed E-state index contributed by atoms with van der Waals surface area (Å²) < 4.78 is 0.839. The molecule has 0 saturated carbocycles. The Morgan fingerprint density at radius 2 is 1.96 bits per heavy atom. The van der Waals surface area contributed by atoms with E-state index in [2.05, 4.69) is 27.9 Å². The van der Waals surface area contributed by atoms with E-state index in [1.165, 1.54) is 5.56 Å². The SMILES string of the molecule is NC(=O)c1c(I)cccc1CNC[C@H](O)[CH]Cc1ccccc1. The Bertz CT molecular complexity index is 647. The lowest BCUT2D eigenvalue weighted by Gasteiger charge is -2.13. The average Bonchev–Trinajstić information content (AvgIpc) is 2.53. The minimum atomic E-state index is -0.546. The second-order valence-corrected chi connectivity index (χ2v) is 6.42. The van der Waals surface area contributed by atoms with Gasteiger partial charge in [-0.1, -0.05) is 42.5 Å². The second-order valence-electron chi connectivity index (χ2n) is 5.26. The summed E-state index contributed by atoms with van der Waals surface area (Å²) in [5.74, 6) is -0.428. The van der Waals surface area contributed by atoms with Crippen LogP contribution in [0.1, 0.15) is 21.5 Å². The summed E-state index contributed by atoms with van der Waals surface area (Å²) >= 11 is 2.10. The number of rotatable bonds is 8. The van der Waals surface area contributed by atoms with Gasteiger partial charge in [0.2, 0.25) is 5.91 Å².